The number of para-hydroxylation sites is 1. The van der Waals surface area contributed by atoms with Gasteiger partial charge in [-0.05, 0) is 41.0 Å². The summed E-state index contributed by atoms with van der Waals surface area (Å²) in [5.74, 6) is 0.794. The number of benzene rings is 4. The first-order chi connectivity index (χ1) is 15.8. The molecule has 0 saturated heterocycles. The smallest absolute Gasteiger partial charge is 0.258 e. The summed E-state index contributed by atoms with van der Waals surface area (Å²) in [7, 11) is 0. The molecule has 1 heterocycles. The van der Waals surface area contributed by atoms with E-state index in [1.165, 1.54) is 0 Å². The molecule has 0 aromatic heterocycles. The molecule has 4 heteroatoms. The minimum absolute atomic E-state index is 0.0174. The molecular formula is C28H24N2O2. The van der Waals surface area contributed by atoms with Gasteiger partial charge in [0.2, 0.25) is 0 Å². The van der Waals surface area contributed by atoms with Crippen LogP contribution >= 0.6 is 0 Å². The number of nitrogens with one attached hydrogen (secondary N) is 1. The Bertz CT molecular complexity index is 1210. The van der Waals surface area contributed by atoms with Gasteiger partial charge >= 0.3 is 0 Å². The molecule has 0 saturated carbocycles. The lowest BCUT2D eigenvalue weighted by Crippen LogP contribution is -2.42. The van der Waals surface area contributed by atoms with Crippen LogP contribution in [0.25, 0.3) is 0 Å². The molecule has 1 amide bonds. The zero-order valence-electron chi connectivity index (χ0n) is 17.6. The van der Waals surface area contributed by atoms with Gasteiger partial charge in [0, 0.05) is 12.2 Å². The Labute approximate surface area is 188 Å². The number of hydrogen-bond acceptors (Lipinski definition) is 3. The average molecular weight is 421 g/mol. The van der Waals surface area contributed by atoms with Crippen molar-refractivity contribution in [3.8, 4) is 5.75 Å². The summed E-state index contributed by atoms with van der Waals surface area (Å²) in [5.41, 5.74) is 4.72. The number of amides is 1. The summed E-state index contributed by atoms with van der Waals surface area (Å²) < 4.78 is 6.04. The van der Waals surface area contributed by atoms with Crippen LogP contribution in [0.5, 0.6) is 5.75 Å². The second-order valence-corrected chi connectivity index (χ2v) is 7.86. The van der Waals surface area contributed by atoms with E-state index in [4.69, 9.17) is 4.74 Å². The van der Waals surface area contributed by atoms with E-state index in [9.17, 15) is 4.79 Å². The molecule has 1 aliphatic heterocycles. The maximum absolute atomic E-state index is 13.5. The highest BCUT2D eigenvalue weighted by Crippen LogP contribution is 2.35. The highest BCUT2D eigenvalue weighted by Gasteiger charge is 2.32. The topological polar surface area (TPSA) is 41.6 Å². The number of rotatable bonds is 6. The van der Waals surface area contributed by atoms with Crippen LogP contribution in [0.15, 0.2) is 109 Å². The fraction of sp³-hybridized carbons (Fsp3) is 0.107. The lowest BCUT2D eigenvalue weighted by Gasteiger charge is -2.38. The summed E-state index contributed by atoms with van der Waals surface area (Å²) >= 11 is 0. The lowest BCUT2D eigenvalue weighted by atomic mass is 10.0. The van der Waals surface area contributed by atoms with E-state index >= 15 is 0 Å². The maximum atomic E-state index is 13.5. The van der Waals surface area contributed by atoms with Crippen LogP contribution in [0.1, 0.15) is 33.2 Å². The Kier molecular flexibility index (Phi) is 5.58. The molecule has 0 radical (unpaired) electrons. The Morgan fingerprint density at radius 1 is 0.750 bits per heavy atom. The van der Waals surface area contributed by atoms with Gasteiger partial charge in [-0.2, -0.15) is 0 Å². The molecular weight excluding hydrogens is 396 g/mol. The highest BCUT2D eigenvalue weighted by atomic mass is 16.5. The monoisotopic (exact) mass is 420 g/mol. The lowest BCUT2D eigenvalue weighted by molar-refractivity contribution is 0.0666. The number of ether oxygens (including phenoxy) is 1. The zero-order chi connectivity index (χ0) is 21.8. The van der Waals surface area contributed by atoms with E-state index in [0.717, 1.165) is 28.1 Å². The van der Waals surface area contributed by atoms with Crippen molar-refractivity contribution in [1.82, 2.24) is 4.90 Å². The van der Waals surface area contributed by atoms with Gasteiger partial charge < -0.3 is 15.0 Å². The summed E-state index contributed by atoms with van der Waals surface area (Å²) in [5, 5.41) is 3.56. The number of carbonyl (C=O) groups excluding carboxylic acids is 1. The van der Waals surface area contributed by atoms with Gasteiger partial charge in [0.05, 0.1) is 5.56 Å². The number of carbonyl (C=O) groups is 1. The van der Waals surface area contributed by atoms with Crippen molar-refractivity contribution >= 4 is 11.6 Å². The van der Waals surface area contributed by atoms with Crippen LogP contribution in [0.3, 0.4) is 0 Å². The first-order valence-electron chi connectivity index (χ1n) is 10.7. The fourth-order valence-corrected chi connectivity index (χ4v) is 4.01. The van der Waals surface area contributed by atoms with E-state index in [-0.39, 0.29) is 12.1 Å². The van der Waals surface area contributed by atoms with Gasteiger partial charge in [-0.1, -0.05) is 84.9 Å². The molecule has 0 aliphatic carbocycles. The third-order valence-electron chi connectivity index (χ3n) is 5.64. The van der Waals surface area contributed by atoms with Crippen LogP contribution in [0, 0.1) is 0 Å². The summed E-state index contributed by atoms with van der Waals surface area (Å²) in [6.45, 7) is 1.01. The largest absolute Gasteiger partial charge is 0.489 e. The average Bonchev–Trinajstić information content (AvgIpc) is 2.86. The molecule has 0 spiro atoms. The normalized spacial score (nSPS) is 15.1. The molecule has 1 atom stereocenters. The predicted molar refractivity (Wildman–Crippen MR) is 126 cm³/mol. The molecule has 1 unspecified atom stereocenters. The van der Waals surface area contributed by atoms with Gasteiger partial charge in [0.15, 0.2) is 0 Å². The quantitative estimate of drug-likeness (QED) is 0.414. The minimum Gasteiger partial charge on any atom is -0.489 e. The minimum atomic E-state index is -0.294. The van der Waals surface area contributed by atoms with E-state index in [2.05, 4.69) is 5.32 Å². The molecule has 32 heavy (non-hydrogen) atoms. The molecule has 4 aromatic rings. The van der Waals surface area contributed by atoms with Gasteiger partial charge in [-0.15, -0.1) is 0 Å². The van der Waals surface area contributed by atoms with Crippen LogP contribution in [-0.4, -0.2) is 10.8 Å². The van der Waals surface area contributed by atoms with Crippen molar-refractivity contribution in [3.05, 3.63) is 131 Å². The molecule has 5 rings (SSSR count). The van der Waals surface area contributed by atoms with Crippen molar-refractivity contribution in [1.29, 1.82) is 0 Å². The zero-order valence-corrected chi connectivity index (χ0v) is 17.6. The van der Waals surface area contributed by atoms with Gasteiger partial charge in [-0.25, -0.2) is 0 Å². The number of nitrogens with zero attached hydrogens (tertiary/aromatic N) is 1. The van der Waals surface area contributed by atoms with Crippen molar-refractivity contribution in [2.45, 2.75) is 19.3 Å². The Morgan fingerprint density at radius 3 is 2.22 bits per heavy atom. The Balaban J connectivity index is 1.45. The van der Waals surface area contributed by atoms with Crippen LogP contribution in [-0.2, 0) is 13.2 Å². The van der Waals surface area contributed by atoms with E-state index < -0.39 is 0 Å². The first-order valence-corrected chi connectivity index (χ1v) is 10.7. The van der Waals surface area contributed by atoms with Gasteiger partial charge in [-0.3, -0.25) is 4.79 Å². The second kappa shape index (κ2) is 8.98. The third-order valence-corrected chi connectivity index (χ3v) is 5.64. The van der Waals surface area contributed by atoms with Crippen LogP contribution in [0.4, 0.5) is 5.69 Å². The Morgan fingerprint density at radius 2 is 1.44 bits per heavy atom. The molecule has 0 fully saturated rings. The summed E-state index contributed by atoms with van der Waals surface area (Å²) in [4.78, 5) is 15.3. The van der Waals surface area contributed by atoms with E-state index in [1.54, 1.807) is 0 Å². The number of hydrogen-bond donors (Lipinski definition) is 1. The van der Waals surface area contributed by atoms with Crippen LogP contribution in [0.2, 0.25) is 0 Å². The van der Waals surface area contributed by atoms with Crippen molar-refractivity contribution in [3.63, 3.8) is 0 Å². The molecule has 4 nitrogen and oxygen atoms in total. The SMILES string of the molecule is O=C1c2ccccc2NC(c2cccc(OCc3ccccc3)c2)N1Cc1ccccc1. The predicted octanol–water partition coefficient (Wildman–Crippen LogP) is 6.03. The third kappa shape index (κ3) is 4.21. The summed E-state index contributed by atoms with van der Waals surface area (Å²) in [6.07, 6.45) is -0.294. The first kappa shape index (κ1) is 19.9. The molecule has 4 aromatic carbocycles. The number of fused-ring (bicyclic) bond motifs is 1. The molecule has 158 valence electrons. The van der Waals surface area contributed by atoms with E-state index in [1.807, 2.05) is 114 Å². The van der Waals surface area contributed by atoms with Crippen molar-refractivity contribution in [2.24, 2.45) is 0 Å². The summed E-state index contributed by atoms with van der Waals surface area (Å²) in [6, 6.07) is 35.8. The van der Waals surface area contributed by atoms with Gasteiger partial charge in [0.25, 0.3) is 5.91 Å². The standard InChI is InChI=1S/C28H24N2O2/c31-28-25-16-7-8-17-26(25)29-27(30(28)19-21-10-3-1-4-11-21)23-14-9-15-24(18-23)32-20-22-12-5-2-6-13-22/h1-18,27,29H,19-20H2. The maximum Gasteiger partial charge on any atom is 0.258 e. The van der Waals surface area contributed by atoms with Crippen molar-refractivity contribution < 1.29 is 9.53 Å². The Hall–Kier alpha value is -4.05. The molecule has 1 aliphatic rings. The fourth-order valence-electron chi connectivity index (χ4n) is 4.01. The van der Waals surface area contributed by atoms with Crippen molar-refractivity contribution in [2.75, 3.05) is 5.32 Å². The highest BCUT2D eigenvalue weighted by molar-refractivity contribution is 6.01. The molecule has 1 N–H and O–H groups in total. The van der Waals surface area contributed by atoms with Gasteiger partial charge in [0.1, 0.15) is 18.5 Å². The molecule has 0 bridgehead atoms. The second-order valence-electron chi connectivity index (χ2n) is 7.86. The number of anilines is 1. The van der Waals surface area contributed by atoms with Crippen LogP contribution < -0.4 is 10.1 Å². The van der Waals surface area contributed by atoms with E-state index in [0.29, 0.717) is 18.7 Å².